The van der Waals surface area contributed by atoms with Crippen LogP contribution in [0.2, 0.25) is 10.1 Å². The van der Waals surface area contributed by atoms with E-state index in [0.29, 0.717) is 5.75 Å². The van der Waals surface area contributed by atoms with Gasteiger partial charge in [0.1, 0.15) is 0 Å². The van der Waals surface area contributed by atoms with Crippen LogP contribution in [0.25, 0.3) is 10.0 Å². The fraction of sp³-hybridized carbons (Fsp3) is 0.333. The molecule has 29 heavy (non-hydrogen) atoms. The molecule has 0 spiro atoms. The predicted molar refractivity (Wildman–Crippen MR) is 125 cm³/mol. The molecule has 0 atom stereocenters. The van der Waals surface area contributed by atoms with Crippen molar-refractivity contribution < 1.29 is 9.90 Å². The number of phenols is 1. The van der Waals surface area contributed by atoms with Crippen molar-refractivity contribution in [3.63, 3.8) is 0 Å². The number of carbonyl (C=O) groups is 1. The first-order chi connectivity index (χ1) is 13.5. The van der Waals surface area contributed by atoms with Crippen LogP contribution in [-0.4, -0.2) is 39.2 Å². The number of hydrogen-bond acceptors (Lipinski definition) is 3. The van der Waals surface area contributed by atoms with Crippen LogP contribution in [-0.2, 0) is 4.79 Å². The first-order valence-electron chi connectivity index (χ1n) is 9.92. The minimum absolute atomic E-state index is 0.0282. The maximum absolute atomic E-state index is 12.5. The Morgan fingerprint density at radius 1 is 1.00 bits per heavy atom. The Labute approximate surface area is 179 Å². The van der Waals surface area contributed by atoms with Gasteiger partial charge in [-0.25, -0.2) is 0 Å². The molecule has 0 radical (unpaired) electrons. The van der Waals surface area contributed by atoms with E-state index in [1.807, 2.05) is 18.2 Å². The minimum atomic E-state index is -2.61. The van der Waals surface area contributed by atoms with Gasteiger partial charge in [0.05, 0.1) is 0 Å². The summed E-state index contributed by atoms with van der Waals surface area (Å²) in [6, 6.07) is 7.94. The van der Waals surface area contributed by atoms with Crippen LogP contribution in [0.3, 0.4) is 0 Å². The Bertz CT molecular complexity index is 1080. The zero-order valence-corrected chi connectivity index (χ0v) is 20.5. The molecule has 0 unspecified atom stereocenters. The quantitative estimate of drug-likeness (QED) is 0.470. The van der Waals surface area contributed by atoms with Gasteiger partial charge in [-0.1, -0.05) is 0 Å². The standard InChI is InChI=1S/C24H27NO2SeSi/c1-23(2,3)29(24(4,5)6)20-14-15(26)9-10-16(20)25-17-11-12-18(27)21(22(17)29)19-8-7-13-28-19/h7-14,27H,1-6H3. The van der Waals surface area contributed by atoms with E-state index in [0.717, 1.165) is 22.2 Å². The third-order valence-electron chi connectivity index (χ3n) is 6.17. The van der Waals surface area contributed by atoms with Crippen LogP contribution in [0.5, 0.6) is 5.75 Å². The van der Waals surface area contributed by atoms with Gasteiger partial charge in [0.2, 0.25) is 0 Å². The second-order valence-corrected chi connectivity index (χ2v) is 17.4. The van der Waals surface area contributed by atoms with Crippen molar-refractivity contribution in [2.75, 3.05) is 0 Å². The van der Waals surface area contributed by atoms with Gasteiger partial charge in [0, 0.05) is 0 Å². The monoisotopic (exact) mass is 469 g/mol. The van der Waals surface area contributed by atoms with Crippen molar-refractivity contribution in [3.05, 3.63) is 52.6 Å². The summed E-state index contributed by atoms with van der Waals surface area (Å²) in [7, 11) is -2.61. The Hall–Kier alpha value is -1.94. The van der Waals surface area contributed by atoms with Crippen molar-refractivity contribution >= 4 is 44.9 Å². The average molecular weight is 469 g/mol. The van der Waals surface area contributed by atoms with E-state index in [4.69, 9.17) is 4.99 Å². The summed E-state index contributed by atoms with van der Waals surface area (Å²) in [5, 5.41) is 13.1. The van der Waals surface area contributed by atoms with Crippen molar-refractivity contribution in [3.8, 4) is 15.8 Å². The van der Waals surface area contributed by atoms with Crippen LogP contribution < -0.4 is 5.19 Å². The molecule has 4 rings (SSSR count). The zero-order valence-electron chi connectivity index (χ0n) is 17.8. The van der Waals surface area contributed by atoms with E-state index < -0.39 is 8.07 Å². The van der Waals surface area contributed by atoms with Gasteiger partial charge in [0.25, 0.3) is 0 Å². The molecule has 0 saturated carbocycles. The Morgan fingerprint density at radius 3 is 2.28 bits per heavy atom. The number of ketones is 1. The molecule has 0 fully saturated rings. The van der Waals surface area contributed by atoms with Gasteiger partial charge in [0.15, 0.2) is 0 Å². The molecule has 1 N–H and O–H groups in total. The fourth-order valence-electron chi connectivity index (χ4n) is 5.58. The molecular formula is C24H27NO2SeSi. The van der Waals surface area contributed by atoms with Crippen LogP contribution in [0.1, 0.15) is 41.5 Å². The van der Waals surface area contributed by atoms with Crippen molar-refractivity contribution in [2.24, 2.45) is 4.99 Å². The van der Waals surface area contributed by atoms with Crippen LogP contribution in [0.4, 0.5) is 5.69 Å². The molecule has 1 aliphatic heterocycles. The van der Waals surface area contributed by atoms with E-state index in [2.05, 4.69) is 58.6 Å². The number of nitrogens with zero attached hydrogens (tertiary/aromatic N) is 1. The average Bonchev–Trinajstić information content (AvgIpc) is 3.12. The normalized spacial score (nSPS) is 18.1. The molecule has 2 heterocycles. The molecule has 1 aliphatic carbocycles. The maximum atomic E-state index is 12.5. The predicted octanol–water partition coefficient (Wildman–Crippen LogP) is 5.06. The van der Waals surface area contributed by atoms with Crippen molar-refractivity contribution in [1.29, 1.82) is 0 Å². The summed E-state index contributed by atoms with van der Waals surface area (Å²) in [5.74, 6) is 0.350. The fourth-order valence-corrected chi connectivity index (χ4v) is 15.1. The topological polar surface area (TPSA) is 49.7 Å². The summed E-state index contributed by atoms with van der Waals surface area (Å²) in [6.45, 7) is 13.8. The van der Waals surface area contributed by atoms with E-state index in [-0.39, 0.29) is 30.4 Å². The molecule has 5 heteroatoms. The number of rotatable bonds is 1. The van der Waals surface area contributed by atoms with Crippen LogP contribution in [0.15, 0.2) is 57.6 Å². The zero-order chi connectivity index (χ0) is 21.2. The number of fused-ring (bicyclic) bond motifs is 2. The number of carbonyl (C=O) groups excluding carboxylic acids is 1. The summed E-state index contributed by atoms with van der Waals surface area (Å²) >= 11 is 0.184. The second kappa shape index (κ2) is 6.53. The van der Waals surface area contributed by atoms with Crippen LogP contribution in [0, 0.1) is 0 Å². The van der Waals surface area contributed by atoms with Gasteiger partial charge in [-0.15, -0.1) is 0 Å². The molecule has 1 aromatic carbocycles. The number of allylic oxidation sites excluding steroid dienone is 4. The summed E-state index contributed by atoms with van der Waals surface area (Å²) < 4.78 is 1.19. The first kappa shape index (κ1) is 20.3. The molecule has 150 valence electrons. The molecule has 1 aromatic heterocycles. The third-order valence-corrected chi connectivity index (χ3v) is 15.0. The van der Waals surface area contributed by atoms with E-state index in [1.165, 1.54) is 9.62 Å². The van der Waals surface area contributed by atoms with Gasteiger partial charge in [-0.2, -0.15) is 0 Å². The molecule has 2 aromatic rings. The van der Waals surface area contributed by atoms with Gasteiger partial charge >= 0.3 is 180 Å². The SMILES string of the molecule is CC(C)(C)[Si]1(C(C)(C)C)C2=CC(=O)C=CC2=Nc2ccc(O)c(-c3ccc[se]3)c21. The number of aromatic hydroxyl groups is 1. The van der Waals surface area contributed by atoms with Gasteiger partial charge in [-0.05, 0) is 0 Å². The first-order valence-corrected chi connectivity index (χ1v) is 13.8. The van der Waals surface area contributed by atoms with E-state index in [9.17, 15) is 9.90 Å². The third kappa shape index (κ3) is 2.83. The second-order valence-electron chi connectivity index (χ2n) is 9.87. The summed E-state index contributed by atoms with van der Waals surface area (Å²) in [4.78, 5) is 19.7. The van der Waals surface area contributed by atoms with Crippen molar-refractivity contribution in [2.45, 2.75) is 51.6 Å². The van der Waals surface area contributed by atoms with Gasteiger partial charge in [-0.3, -0.25) is 0 Å². The summed E-state index contributed by atoms with van der Waals surface area (Å²) in [6.07, 6.45) is 5.32. The molecule has 3 nitrogen and oxygen atoms in total. The molecule has 2 aliphatic rings. The Morgan fingerprint density at radius 2 is 1.69 bits per heavy atom. The van der Waals surface area contributed by atoms with Crippen LogP contribution >= 0.6 is 0 Å². The number of benzene rings is 1. The van der Waals surface area contributed by atoms with E-state index in [1.54, 1.807) is 12.1 Å². The molecule has 0 amide bonds. The number of hydrogen-bond donors (Lipinski definition) is 1. The Balaban J connectivity index is 2.26. The van der Waals surface area contributed by atoms with E-state index >= 15 is 0 Å². The number of aliphatic imine (C=N–C) groups is 1. The molecule has 0 bridgehead atoms. The molecular weight excluding hydrogens is 441 g/mol. The van der Waals surface area contributed by atoms with Gasteiger partial charge < -0.3 is 0 Å². The summed E-state index contributed by atoms with van der Waals surface area (Å²) in [5.41, 5.74) is 2.81. The Kier molecular flexibility index (Phi) is 4.58. The van der Waals surface area contributed by atoms with Crippen molar-refractivity contribution in [1.82, 2.24) is 0 Å². The number of phenolic OH excluding ortho intramolecular Hbond substituents is 1. The molecule has 0 saturated heterocycles.